The molecule has 124 valence electrons. The minimum Gasteiger partial charge on any atom is -0.315 e. The molecule has 1 aliphatic carbocycles. The Morgan fingerprint density at radius 3 is 2.43 bits per heavy atom. The van der Waals surface area contributed by atoms with Crippen molar-refractivity contribution in [1.82, 2.24) is 10.2 Å². The molecule has 1 heterocycles. The largest absolute Gasteiger partial charge is 0.315 e. The van der Waals surface area contributed by atoms with Crippen molar-refractivity contribution in [2.24, 2.45) is 17.3 Å². The SMILES string of the molecule is CCC1CCC(NC)C(N2CCCC(C(C)(C)C)CC2)C1. The van der Waals surface area contributed by atoms with E-state index in [2.05, 4.69) is 45.0 Å². The van der Waals surface area contributed by atoms with Crippen molar-refractivity contribution < 1.29 is 0 Å². The number of likely N-dealkylation sites (tertiary alicyclic amines) is 1. The Labute approximate surface area is 133 Å². The average Bonchev–Trinajstić information content (AvgIpc) is 2.72. The average molecular weight is 295 g/mol. The second-order valence-corrected chi connectivity index (χ2v) is 8.58. The summed E-state index contributed by atoms with van der Waals surface area (Å²) in [5.74, 6) is 1.86. The number of nitrogens with zero attached hydrogens (tertiary/aromatic N) is 1. The van der Waals surface area contributed by atoms with Crippen LogP contribution >= 0.6 is 0 Å². The van der Waals surface area contributed by atoms with Gasteiger partial charge in [-0.3, -0.25) is 4.90 Å². The Kier molecular flexibility index (Phi) is 6.14. The number of hydrogen-bond donors (Lipinski definition) is 1. The minimum absolute atomic E-state index is 0.483. The van der Waals surface area contributed by atoms with Gasteiger partial charge in [0.25, 0.3) is 0 Å². The van der Waals surface area contributed by atoms with E-state index < -0.39 is 0 Å². The highest BCUT2D eigenvalue weighted by Crippen LogP contribution is 2.36. The molecule has 2 heteroatoms. The van der Waals surface area contributed by atoms with Crippen LogP contribution in [0.4, 0.5) is 0 Å². The molecule has 4 unspecified atom stereocenters. The van der Waals surface area contributed by atoms with E-state index in [0.29, 0.717) is 5.41 Å². The molecule has 21 heavy (non-hydrogen) atoms. The molecule has 2 fully saturated rings. The molecule has 0 aromatic carbocycles. The normalized spacial score (nSPS) is 36.4. The first-order valence-corrected chi connectivity index (χ1v) is 9.37. The van der Waals surface area contributed by atoms with Gasteiger partial charge in [-0.15, -0.1) is 0 Å². The van der Waals surface area contributed by atoms with E-state index in [1.165, 1.54) is 58.0 Å². The first kappa shape index (κ1) is 17.3. The van der Waals surface area contributed by atoms with E-state index in [4.69, 9.17) is 0 Å². The van der Waals surface area contributed by atoms with Crippen LogP contribution in [-0.2, 0) is 0 Å². The summed E-state index contributed by atoms with van der Waals surface area (Å²) >= 11 is 0. The molecule has 1 saturated carbocycles. The van der Waals surface area contributed by atoms with Crippen molar-refractivity contribution in [1.29, 1.82) is 0 Å². The van der Waals surface area contributed by atoms with Crippen molar-refractivity contribution in [3.05, 3.63) is 0 Å². The van der Waals surface area contributed by atoms with Crippen LogP contribution in [0.2, 0.25) is 0 Å². The van der Waals surface area contributed by atoms with Crippen LogP contribution < -0.4 is 5.32 Å². The molecule has 1 aliphatic heterocycles. The van der Waals surface area contributed by atoms with E-state index in [0.717, 1.165) is 23.9 Å². The maximum atomic E-state index is 3.62. The van der Waals surface area contributed by atoms with Gasteiger partial charge < -0.3 is 5.32 Å². The Bertz CT molecular complexity index is 307. The molecule has 2 nitrogen and oxygen atoms in total. The first-order valence-electron chi connectivity index (χ1n) is 9.37. The molecule has 2 rings (SSSR count). The van der Waals surface area contributed by atoms with Gasteiger partial charge in [0, 0.05) is 12.1 Å². The molecule has 0 aromatic heterocycles. The van der Waals surface area contributed by atoms with Gasteiger partial charge in [0.2, 0.25) is 0 Å². The Morgan fingerprint density at radius 1 is 1.05 bits per heavy atom. The number of hydrogen-bond acceptors (Lipinski definition) is 2. The van der Waals surface area contributed by atoms with Gasteiger partial charge in [-0.05, 0) is 75.9 Å². The fourth-order valence-corrected chi connectivity index (χ4v) is 4.66. The summed E-state index contributed by atoms with van der Waals surface area (Å²) in [5, 5.41) is 3.62. The van der Waals surface area contributed by atoms with E-state index in [1.807, 2.05) is 0 Å². The van der Waals surface area contributed by atoms with Crippen molar-refractivity contribution >= 4 is 0 Å². The molecule has 1 saturated heterocycles. The summed E-state index contributed by atoms with van der Waals surface area (Å²) in [6, 6.07) is 1.51. The number of likely N-dealkylation sites (N-methyl/N-ethyl adjacent to an activating group) is 1. The topological polar surface area (TPSA) is 15.3 Å². The summed E-state index contributed by atoms with van der Waals surface area (Å²) in [6.45, 7) is 12.3. The fourth-order valence-electron chi connectivity index (χ4n) is 4.66. The maximum absolute atomic E-state index is 3.62. The van der Waals surface area contributed by atoms with Crippen LogP contribution in [-0.4, -0.2) is 37.1 Å². The molecule has 0 bridgehead atoms. The van der Waals surface area contributed by atoms with Crippen LogP contribution in [0, 0.1) is 17.3 Å². The Hall–Kier alpha value is -0.0800. The van der Waals surface area contributed by atoms with E-state index in [9.17, 15) is 0 Å². The summed E-state index contributed by atoms with van der Waals surface area (Å²) < 4.78 is 0. The van der Waals surface area contributed by atoms with Crippen LogP contribution in [0.5, 0.6) is 0 Å². The second-order valence-electron chi connectivity index (χ2n) is 8.58. The maximum Gasteiger partial charge on any atom is 0.0251 e. The van der Waals surface area contributed by atoms with Crippen LogP contribution in [0.1, 0.15) is 72.6 Å². The Morgan fingerprint density at radius 2 is 1.81 bits per heavy atom. The standard InChI is InChI=1S/C19H38N2/c1-6-15-9-10-17(20-5)18(14-15)21-12-7-8-16(11-13-21)19(2,3)4/h15-18,20H,6-14H2,1-5H3. The lowest BCUT2D eigenvalue weighted by molar-refractivity contribution is 0.0977. The summed E-state index contributed by atoms with van der Waals surface area (Å²) in [7, 11) is 2.17. The van der Waals surface area contributed by atoms with Crippen molar-refractivity contribution in [3.8, 4) is 0 Å². The zero-order valence-electron chi connectivity index (χ0n) is 15.1. The van der Waals surface area contributed by atoms with Gasteiger partial charge in [0.05, 0.1) is 0 Å². The highest BCUT2D eigenvalue weighted by Gasteiger charge is 2.35. The van der Waals surface area contributed by atoms with Gasteiger partial charge >= 0.3 is 0 Å². The van der Waals surface area contributed by atoms with Gasteiger partial charge in [0.1, 0.15) is 0 Å². The van der Waals surface area contributed by atoms with Crippen molar-refractivity contribution in [2.45, 2.75) is 84.7 Å². The van der Waals surface area contributed by atoms with E-state index >= 15 is 0 Å². The zero-order chi connectivity index (χ0) is 15.5. The molecule has 0 aromatic rings. The summed E-state index contributed by atoms with van der Waals surface area (Å²) in [6.07, 6.45) is 9.80. The lowest BCUT2D eigenvalue weighted by Gasteiger charge is -2.42. The third kappa shape index (κ3) is 4.45. The molecule has 4 atom stereocenters. The Balaban J connectivity index is 1.99. The molecular formula is C19H38N2. The minimum atomic E-state index is 0.483. The third-order valence-electron chi connectivity index (χ3n) is 6.33. The lowest BCUT2D eigenvalue weighted by Crippen LogP contribution is -2.52. The van der Waals surface area contributed by atoms with Gasteiger partial charge in [-0.1, -0.05) is 34.1 Å². The van der Waals surface area contributed by atoms with Gasteiger partial charge in [0.15, 0.2) is 0 Å². The third-order valence-corrected chi connectivity index (χ3v) is 6.33. The van der Waals surface area contributed by atoms with E-state index in [1.54, 1.807) is 0 Å². The predicted octanol–water partition coefficient (Wildman–Crippen LogP) is 4.30. The van der Waals surface area contributed by atoms with E-state index in [-0.39, 0.29) is 0 Å². The molecular weight excluding hydrogens is 256 g/mol. The smallest absolute Gasteiger partial charge is 0.0251 e. The van der Waals surface area contributed by atoms with Crippen LogP contribution in [0.15, 0.2) is 0 Å². The molecule has 2 aliphatic rings. The monoisotopic (exact) mass is 294 g/mol. The highest BCUT2D eigenvalue weighted by atomic mass is 15.2. The molecule has 1 N–H and O–H groups in total. The number of rotatable bonds is 3. The quantitative estimate of drug-likeness (QED) is 0.835. The van der Waals surface area contributed by atoms with Crippen LogP contribution in [0.25, 0.3) is 0 Å². The number of nitrogens with one attached hydrogen (secondary N) is 1. The van der Waals surface area contributed by atoms with Crippen LogP contribution in [0.3, 0.4) is 0 Å². The van der Waals surface area contributed by atoms with Gasteiger partial charge in [-0.2, -0.15) is 0 Å². The molecule has 0 radical (unpaired) electrons. The second kappa shape index (κ2) is 7.46. The first-order chi connectivity index (χ1) is 9.95. The molecule has 0 spiro atoms. The van der Waals surface area contributed by atoms with Crippen molar-refractivity contribution in [2.75, 3.05) is 20.1 Å². The highest BCUT2D eigenvalue weighted by molar-refractivity contribution is 4.92. The van der Waals surface area contributed by atoms with Gasteiger partial charge in [-0.25, -0.2) is 0 Å². The summed E-state index contributed by atoms with van der Waals surface area (Å²) in [4.78, 5) is 2.84. The molecule has 0 amide bonds. The lowest BCUT2D eigenvalue weighted by atomic mass is 9.76. The van der Waals surface area contributed by atoms with Crippen molar-refractivity contribution in [3.63, 3.8) is 0 Å². The fraction of sp³-hybridized carbons (Fsp3) is 1.00. The summed E-state index contributed by atoms with van der Waals surface area (Å²) in [5.41, 5.74) is 0.483. The zero-order valence-corrected chi connectivity index (χ0v) is 15.1. The predicted molar refractivity (Wildman–Crippen MR) is 92.6 cm³/mol.